The number of ether oxygens (including phenoxy) is 2. The van der Waals surface area contributed by atoms with Crippen molar-refractivity contribution in [2.45, 2.75) is 49.6 Å². The van der Waals surface area contributed by atoms with Crippen LogP contribution in [0, 0.1) is 0 Å². The van der Waals surface area contributed by atoms with Gasteiger partial charge in [0, 0.05) is 32.1 Å². The van der Waals surface area contributed by atoms with Gasteiger partial charge in [-0.05, 0) is 44.7 Å². The number of hydrogen-bond donors (Lipinski definition) is 4. The fourth-order valence-electron chi connectivity index (χ4n) is 3.93. The number of carbonyl (C=O) groups is 2. The molecule has 2 aromatic rings. The number of rotatable bonds is 14. The molecule has 0 radical (unpaired) electrons. The number of sulfonamides is 1. The summed E-state index contributed by atoms with van der Waals surface area (Å²) in [5, 5.41) is 2.99. The van der Waals surface area contributed by atoms with E-state index in [9.17, 15) is 18.0 Å². The number of nitrogen functional groups attached to an aromatic ring is 1. The van der Waals surface area contributed by atoms with E-state index in [4.69, 9.17) is 38.4 Å². The Morgan fingerprint density at radius 3 is 2.68 bits per heavy atom. The lowest BCUT2D eigenvalue weighted by atomic mass is 10.1. The number of nitrogens with one attached hydrogen (secondary N) is 3. The van der Waals surface area contributed by atoms with E-state index in [0.717, 1.165) is 25.0 Å². The van der Waals surface area contributed by atoms with Crippen LogP contribution in [0.5, 0.6) is 0 Å². The van der Waals surface area contributed by atoms with E-state index in [1.165, 1.54) is 4.90 Å². The first kappa shape index (κ1) is 30.0. The lowest BCUT2D eigenvalue weighted by molar-refractivity contribution is -0.150. The summed E-state index contributed by atoms with van der Waals surface area (Å²) in [5.74, 6) is -0.637. The molecular formula is C23H32Cl2N6O6S. The molecule has 0 spiro atoms. The number of nitrogens with zero attached hydrogens (tertiary/aromatic N) is 2. The summed E-state index contributed by atoms with van der Waals surface area (Å²) in [4.78, 5) is 34.0. The summed E-state index contributed by atoms with van der Waals surface area (Å²) in [5.41, 5.74) is 5.79. The molecule has 1 aliphatic rings. The number of benzene rings is 1. The Bertz CT molecular complexity index is 1170. The maximum Gasteiger partial charge on any atom is 0.325 e. The molecule has 1 amide bonds. The van der Waals surface area contributed by atoms with Gasteiger partial charge < -0.3 is 30.4 Å². The van der Waals surface area contributed by atoms with E-state index >= 15 is 0 Å². The van der Waals surface area contributed by atoms with Gasteiger partial charge in [-0.3, -0.25) is 9.59 Å². The molecule has 1 aromatic heterocycles. The molecule has 1 aliphatic heterocycles. The third-order valence-electron chi connectivity index (χ3n) is 5.80. The highest BCUT2D eigenvalue weighted by molar-refractivity contribution is 7.89. The molecule has 12 nitrogen and oxygen atoms in total. The molecule has 0 bridgehead atoms. The summed E-state index contributed by atoms with van der Waals surface area (Å²) in [6, 6.07) is 1.12. The average Bonchev–Trinajstić information content (AvgIpc) is 3.58. The average molecular weight is 592 g/mol. The van der Waals surface area contributed by atoms with Crippen LogP contribution in [0.2, 0.25) is 10.0 Å². The van der Waals surface area contributed by atoms with Crippen LogP contribution in [-0.4, -0.2) is 80.2 Å². The predicted octanol–water partition coefficient (Wildman–Crippen LogP) is 2.41. The van der Waals surface area contributed by atoms with Crippen LogP contribution in [0.1, 0.15) is 32.6 Å². The van der Waals surface area contributed by atoms with Crippen LogP contribution in [0.3, 0.4) is 0 Å². The number of hydrogen-bond acceptors (Lipinski definition) is 9. The minimum absolute atomic E-state index is 0.0364. The zero-order chi connectivity index (χ0) is 27.7. The first-order valence-corrected chi connectivity index (χ1v) is 14.4. The van der Waals surface area contributed by atoms with Crippen LogP contribution >= 0.6 is 23.2 Å². The number of H-pyrrole nitrogens is 1. The highest BCUT2D eigenvalue weighted by Gasteiger charge is 2.33. The minimum atomic E-state index is -4.25. The van der Waals surface area contributed by atoms with E-state index < -0.39 is 27.9 Å². The molecule has 1 aromatic carbocycles. The second-order valence-corrected chi connectivity index (χ2v) is 11.2. The third-order valence-corrected chi connectivity index (χ3v) is 7.88. The van der Waals surface area contributed by atoms with E-state index in [1.54, 1.807) is 19.3 Å². The first-order chi connectivity index (χ1) is 18.1. The second-order valence-electron chi connectivity index (χ2n) is 8.64. The largest absolute Gasteiger partial charge is 0.465 e. The summed E-state index contributed by atoms with van der Waals surface area (Å²) >= 11 is 12.1. The minimum Gasteiger partial charge on any atom is -0.465 e. The Morgan fingerprint density at radius 1 is 1.34 bits per heavy atom. The van der Waals surface area contributed by atoms with E-state index in [2.05, 4.69) is 20.0 Å². The van der Waals surface area contributed by atoms with Gasteiger partial charge >= 0.3 is 5.97 Å². The molecule has 2 heterocycles. The van der Waals surface area contributed by atoms with E-state index in [1.807, 2.05) is 0 Å². The van der Waals surface area contributed by atoms with Crippen molar-refractivity contribution >= 4 is 56.7 Å². The van der Waals surface area contributed by atoms with Gasteiger partial charge in [0.1, 0.15) is 12.6 Å². The molecule has 38 heavy (non-hydrogen) atoms. The molecule has 1 fully saturated rings. The predicted molar refractivity (Wildman–Crippen MR) is 143 cm³/mol. The lowest BCUT2D eigenvalue weighted by Gasteiger charge is -2.29. The van der Waals surface area contributed by atoms with Crippen molar-refractivity contribution in [3.05, 3.63) is 34.6 Å². The number of aromatic amines is 1. The summed E-state index contributed by atoms with van der Waals surface area (Å²) in [6.07, 6.45) is 5.05. The number of anilines is 2. The van der Waals surface area contributed by atoms with E-state index in [-0.39, 0.29) is 52.8 Å². The summed E-state index contributed by atoms with van der Waals surface area (Å²) in [7, 11) is -4.25. The fraction of sp³-hybridized carbons (Fsp3) is 0.522. The van der Waals surface area contributed by atoms with Crippen molar-refractivity contribution in [1.29, 1.82) is 0 Å². The van der Waals surface area contributed by atoms with Gasteiger partial charge in [0.15, 0.2) is 5.95 Å². The topological polar surface area (TPSA) is 169 Å². The maximum atomic E-state index is 13.7. The SMILES string of the molecule is CCOC(=O)CN(CC1CCCO1)C(=O)[C@H](CCCNc1ncc[nH]1)NS(=O)(=O)c1cc(Cl)c(N)c(Cl)c1. The fourth-order valence-corrected chi connectivity index (χ4v) is 5.82. The normalized spacial score (nSPS) is 16.2. The van der Waals surface area contributed by atoms with Crippen molar-refractivity contribution in [2.75, 3.05) is 43.9 Å². The smallest absolute Gasteiger partial charge is 0.325 e. The Hall–Kier alpha value is -2.58. The molecular weight excluding hydrogens is 559 g/mol. The molecule has 210 valence electrons. The second kappa shape index (κ2) is 14.0. The number of carbonyl (C=O) groups excluding carboxylic acids is 2. The number of imidazole rings is 1. The highest BCUT2D eigenvalue weighted by Crippen LogP contribution is 2.31. The van der Waals surface area contributed by atoms with Crippen LogP contribution < -0.4 is 15.8 Å². The summed E-state index contributed by atoms with van der Waals surface area (Å²) < 4.78 is 39.7. The monoisotopic (exact) mass is 590 g/mol. The van der Waals surface area contributed by atoms with Crippen LogP contribution in [-0.2, 0) is 29.1 Å². The zero-order valence-electron chi connectivity index (χ0n) is 20.9. The van der Waals surface area contributed by atoms with Gasteiger partial charge in [0.25, 0.3) is 0 Å². The molecule has 0 aliphatic carbocycles. The highest BCUT2D eigenvalue weighted by atomic mass is 35.5. The van der Waals surface area contributed by atoms with Crippen LogP contribution in [0.25, 0.3) is 0 Å². The summed E-state index contributed by atoms with van der Waals surface area (Å²) in [6.45, 7) is 2.56. The van der Waals surface area contributed by atoms with Gasteiger partial charge in [-0.25, -0.2) is 13.4 Å². The molecule has 5 N–H and O–H groups in total. The Labute approximate surface area is 231 Å². The van der Waals surface area contributed by atoms with Gasteiger partial charge in [-0.2, -0.15) is 4.72 Å². The van der Waals surface area contributed by atoms with Crippen LogP contribution in [0.4, 0.5) is 11.6 Å². The van der Waals surface area contributed by atoms with Crippen molar-refractivity contribution in [3.63, 3.8) is 0 Å². The molecule has 1 saturated heterocycles. The molecule has 0 saturated carbocycles. The maximum absolute atomic E-state index is 13.7. The van der Waals surface area contributed by atoms with Crippen molar-refractivity contribution in [1.82, 2.24) is 19.6 Å². The van der Waals surface area contributed by atoms with Crippen LogP contribution in [0.15, 0.2) is 29.4 Å². The standard InChI is InChI=1S/C23H32Cl2N6O6S/c1-2-36-20(32)14-31(13-15-5-4-10-37-15)22(33)19(6-3-7-27-23-28-8-9-29-23)30-38(34,35)16-11-17(24)21(26)18(25)12-16/h8-9,11-12,15,19,30H,2-7,10,13-14,26H2,1H3,(H2,27,28,29)/t15?,19-/m0/s1. The quantitative estimate of drug-likeness (QED) is 0.146. The third kappa shape index (κ3) is 8.46. The van der Waals surface area contributed by atoms with Crippen molar-refractivity contribution < 1.29 is 27.5 Å². The number of aromatic nitrogens is 2. The molecule has 15 heteroatoms. The van der Waals surface area contributed by atoms with Gasteiger partial charge in [-0.1, -0.05) is 23.2 Å². The van der Waals surface area contributed by atoms with Gasteiger partial charge in [-0.15, -0.1) is 0 Å². The van der Waals surface area contributed by atoms with Gasteiger partial charge in [0.05, 0.1) is 33.3 Å². The number of amides is 1. The molecule has 2 atom stereocenters. The first-order valence-electron chi connectivity index (χ1n) is 12.2. The number of nitrogens with two attached hydrogens (primary N) is 1. The Balaban J connectivity index is 1.82. The van der Waals surface area contributed by atoms with E-state index in [0.29, 0.717) is 25.5 Å². The molecule has 3 rings (SSSR count). The Kier molecular flexibility index (Phi) is 11.0. The Morgan fingerprint density at radius 2 is 2.08 bits per heavy atom. The van der Waals surface area contributed by atoms with Crippen molar-refractivity contribution in [3.8, 4) is 0 Å². The lowest BCUT2D eigenvalue weighted by Crippen LogP contribution is -2.52. The molecule has 1 unspecified atom stereocenters. The van der Waals surface area contributed by atoms with Crippen molar-refractivity contribution in [2.24, 2.45) is 0 Å². The number of esters is 1. The number of halogens is 2. The van der Waals surface area contributed by atoms with Gasteiger partial charge in [0.2, 0.25) is 15.9 Å². The zero-order valence-corrected chi connectivity index (χ0v) is 23.2.